The van der Waals surface area contributed by atoms with Crippen LogP contribution in [0.2, 0.25) is 0 Å². The van der Waals surface area contributed by atoms with Crippen LogP contribution < -0.4 is 9.47 Å². The second-order valence-electron chi connectivity index (χ2n) is 8.82. The Labute approximate surface area is 212 Å². The second-order valence-corrected chi connectivity index (χ2v) is 9.13. The molecule has 0 unspecified atom stereocenters. The molecule has 7 nitrogen and oxygen atoms in total. The van der Waals surface area contributed by atoms with Gasteiger partial charge in [0.25, 0.3) is 0 Å². The van der Waals surface area contributed by atoms with Gasteiger partial charge in [-0.3, -0.25) is 9.59 Å². The van der Waals surface area contributed by atoms with E-state index in [0.717, 1.165) is 16.7 Å². The van der Waals surface area contributed by atoms with E-state index in [1.807, 2.05) is 43.3 Å². The van der Waals surface area contributed by atoms with Crippen LogP contribution in [0.1, 0.15) is 44.4 Å². The zero-order chi connectivity index (χ0) is 26.0. The van der Waals surface area contributed by atoms with E-state index in [2.05, 4.69) is 19.9 Å². The Morgan fingerprint density at radius 1 is 0.857 bits per heavy atom. The SMILES string of the molecule is COC[C@H](COc1ccc(C(C)(C)c2ccc(OC[C@@H](CCl)OC(C)=O)c(C)c2)cc1)OC(C)=O. The van der Waals surface area contributed by atoms with Crippen LogP contribution >= 0.6 is 11.6 Å². The van der Waals surface area contributed by atoms with E-state index in [-0.39, 0.29) is 43.1 Å². The minimum absolute atomic E-state index is 0.167. The van der Waals surface area contributed by atoms with Crippen molar-refractivity contribution in [3.05, 3.63) is 59.2 Å². The predicted molar refractivity (Wildman–Crippen MR) is 134 cm³/mol. The average Bonchev–Trinajstić information content (AvgIpc) is 2.80. The Kier molecular flexibility index (Phi) is 10.9. The molecular weight excluding hydrogens is 472 g/mol. The van der Waals surface area contributed by atoms with Crippen LogP contribution in [0.3, 0.4) is 0 Å². The molecule has 0 aliphatic carbocycles. The van der Waals surface area contributed by atoms with Gasteiger partial charge >= 0.3 is 11.9 Å². The molecule has 0 radical (unpaired) electrons. The van der Waals surface area contributed by atoms with Crippen LogP contribution in [-0.2, 0) is 29.2 Å². The highest BCUT2D eigenvalue weighted by atomic mass is 35.5. The van der Waals surface area contributed by atoms with Gasteiger partial charge in [-0.15, -0.1) is 11.6 Å². The summed E-state index contributed by atoms with van der Waals surface area (Å²) in [5.41, 5.74) is 2.94. The highest BCUT2D eigenvalue weighted by molar-refractivity contribution is 6.18. The number of carbonyl (C=O) groups is 2. The topological polar surface area (TPSA) is 80.3 Å². The minimum atomic E-state index is -0.496. The molecule has 2 aromatic rings. The van der Waals surface area contributed by atoms with E-state index in [0.29, 0.717) is 11.5 Å². The van der Waals surface area contributed by atoms with Crippen LogP contribution in [-0.4, -0.2) is 57.0 Å². The first-order valence-corrected chi connectivity index (χ1v) is 12.0. The maximum atomic E-state index is 11.2. The van der Waals surface area contributed by atoms with Gasteiger partial charge in [-0.25, -0.2) is 0 Å². The summed E-state index contributed by atoms with van der Waals surface area (Å²) in [7, 11) is 1.55. The van der Waals surface area contributed by atoms with Crippen molar-refractivity contribution in [3.63, 3.8) is 0 Å². The molecule has 0 saturated heterocycles. The zero-order valence-corrected chi connectivity index (χ0v) is 22.0. The van der Waals surface area contributed by atoms with Gasteiger partial charge in [-0.05, 0) is 41.8 Å². The van der Waals surface area contributed by atoms with Crippen molar-refractivity contribution < 1.29 is 33.3 Å². The fourth-order valence-electron chi connectivity index (χ4n) is 3.59. The number of esters is 2. The first-order chi connectivity index (χ1) is 16.6. The van der Waals surface area contributed by atoms with Crippen molar-refractivity contribution >= 4 is 23.5 Å². The summed E-state index contributed by atoms with van der Waals surface area (Å²) in [6, 6.07) is 13.9. The fourth-order valence-corrected chi connectivity index (χ4v) is 3.74. The summed E-state index contributed by atoms with van der Waals surface area (Å²) in [4.78, 5) is 22.4. The number of aryl methyl sites for hydroxylation is 1. The third kappa shape index (κ3) is 8.75. The molecule has 2 atom stereocenters. The standard InChI is InChI=1S/C27H35ClO7/c1-18-13-22(9-12-26(18)33-16-24(14-28)34-19(2)29)27(4,5)21-7-10-23(11-8-21)32-17-25(15-31-6)35-20(3)30/h7-13,24-25H,14-17H2,1-6H3/t24-,25-/m1/s1. The van der Waals surface area contributed by atoms with Crippen LogP contribution in [0.4, 0.5) is 0 Å². The lowest BCUT2D eigenvalue weighted by atomic mass is 9.77. The lowest BCUT2D eigenvalue weighted by Gasteiger charge is -2.27. The molecule has 0 amide bonds. The van der Waals surface area contributed by atoms with E-state index < -0.39 is 12.2 Å². The summed E-state index contributed by atoms with van der Waals surface area (Å²) < 4.78 is 27.1. The lowest BCUT2D eigenvalue weighted by Crippen LogP contribution is -2.28. The van der Waals surface area contributed by atoms with Gasteiger partial charge in [-0.2, -0.15) is 0 Å². The second kappa shape index (κ2) is 13.4. The third-order valence-electron chi connectivity index (χ3n) is 5.52. The number of halogens is 1. The van der Waals surface area contributed by atoms with Crippen molar-refractivity contribution in [2.75, 3.05) is 32.8 Å². The summed E-state index contributed by atoms with van der Waals surface area (Å²) in [5.74, 6) is 0.806. The lowest BCUT2D eigenvalue weighted by molar-refractivity contribution is -0.150. The van der Waals surface area contributed by atoms with Gasteiger partial charge in [0.2, 0.25) is 0 Å². The number of hydrogen-bond acceptors (Lipinski definition) is 7. The van der Waals surface area contributed by atoms with Crippen LogP contribution in [0, 0.1) is 6.92 Å². The van der Waals surface area contributed by atoms with Gasteiger partial charge in [0.1, 0.15) is 30.8 Å². The van der Waals surface area contributed by atoms with Crippen molar-refractivity contribution in [3.8, 4) is 11.5 Å². The van der Waals surface area contributed by atoms with Crippen LogP contribution in [0.15, 0.2) is 42.5 Å². The van der Waals surface area contributed by atoms with Gasteiger partial charge < -0.3 is 23.7 Å². The number of ether oxygens (including phenoxy) is 5. The Balaban J connectivity index is 2.06. The highest BCUT2D eigenvalue weighted by Crippen LogP contribution is 2.34. The number of rotatable bonds is 13. The molecule has 0 spiro atoms. The minimum Gasteiger partial charge on any atom is -0.490 e. The van der Waals surface area contributed by atoms with Gasteiger partial charge in [0, 0.05) is 26.4 Å². The molecule has 0 N–H and O–H groups in total. The molecule has 35 heavy (non-hydrogen) atoms. The first kappa shape index (κ1) is 28.5. The largest absolute Gasteiger partial charge is 0.490 e. The first-order valence-electron chi connectivity index (χ1n) is 11.4. The molecule has 0 fully saturated rings. The quantitative estimate of drug-likeness (QED) is 0.284. The number of benzene rings is 2. The van der Waals surface area contributed by atoms with E-state index in [9.17, 15) is 9.59 Å². The van der Waals surface area contributed by atoms with E-state index in [4.69, 9.17) is 35.3 Å². The summed E-state index contributed by atoms with van der Waals surface area (Å²) in [5, 5.41) is 0. The fraction of sp³-hybridized carbons (Fsp3) is 0.481. The maximum Gasteiger partial charge on any atom is 0.303 e. The molecule has 0 aromatic heterocycles. The normalized spacial score (nSPS) is 13.0. The monoisotopic (exact) mass is 506 g/mol. The summed E-state index contributed by atoms with van der Waals surface area (Å²) in [6.45, 7) is 9.65. The highest BCUT2D eigenvalue weighted by Gasteiger charge is 2.24. The van der Waals surface area contributed by atoms with Crippen LogP contribution in [0.25, 0.3) is 0 Å². The Morgan fingerprint density at radius 2 is 1.43 bits per heavy atom. The van der Waals surface area contributed by atoms with Crippen molar-refractivity contribution in [1.29, 1.82) is 0 Å². The van der Waals surface area contributed by atoms with Crippen molar-refractivity contribution in [2.45, 2.75) is 52.2 Å². The molecule has 0 bridgehead atoms. The molecule has 8 heteroatoms. The van der Waals surface area contributed by atoms with E-state index in [1.165, 1.54) is 13.8 Å². The van der Waals surface area contributed by atoms with Gasteiger partial charge in [0.15, 0.2) is 6.10 Å². The molecule has 0 aliphatic rings. The third-order valence-corrected chi connectivity index (χ3v) is 5.87. The van der Waals surface area contributed by atoms with Gasteiger partial charge in [-0.1, -0.05) is 38.1 Å². The Morgan fingerprint density at radius 3 is 1.97 bits per heavy atom. The van der Waals surface area contributed by atoms with Crippen LogP contribution in [0.5, 0.6) is 11.5 Å². The Bertz CT molecular complexity index is 972. The number of carbonyl (C=O) groups excluding carboxylic acids is 2. The summed E-state index contributed by atoms with van der Waals surface area (Å²) >= 11 is 5.86. The number of hydrogen-bond donors (Lipinski definition) is 0. The molecule has 192 valence electrons. The number of alkyl halides is 1. The molecule has 2 aromatic carbocycles. The number of methoxy groups -OCH3 is 1. The van der Waals surface area contributed by atoms with Crippen molar-refractivity contribution in [2.24, 2.45) is 0 Å². The zero-order valence-electron chi connectivity index (χ0n) is 21.3. The van der Waals surface area contributed by atoms with Gasteiger partial charge in [0.05, 0.1) is 12.5 Å². The summed E-state index contributed by atoms with van der Waals surface area (Å²) in [6.07, 6.45) is -0.963. The van der Waals surface area contributed by atoms with E-state index >= 15 is 0 Å². The van der Waals surface area contributed by atoms with Crippen molar-refractivity contribution in [1.82, 2.24) is 0 Å². The molecule has 0 heterocycles. The molecule has 0 aliphatic heterocycles. The molecule has 0 saturated carbocycles. The molecular formula is C27H35ClO7. The maximum absolute atomic E-state index is 11.2. The average molecular weight is 507 g/mol. The Hall–Kier alpha value is -2.77. The van der Waals surface area contributed by atoms with E-state index in [1.54, 1.807) is 7.11 Å². The predicted octanol–water partition coefficient (Wildman–Crippen LogP) is 4.83. The smallest absolute Gasteiger partial charge is 0.303 e. The molecule has 2 rings (SSSR count).